The van der Waals surface area contributed by atoms with Crippen molar-refractivity contribution < 1.29 is 13.2 Å². The van der Waals surface area contributed by atoms with E-state index in [4.69, 9.17) is 0 Å². The monoisotopic (exact) mass is 437 g/mol. The second kappa shape index (κ2) is 8.33. The standard InChI is InChI=1S/C22H19N3O3S2/c1-16-8-7-12-19-21(16)24-22(29-19)25(14-17-9-5-6-13-23-17)20(26)15-30(27,28)18-10-3-2-4-11-18/h2-13H,14-15H2,1H3. The zero-order valence-corrected chi connectivity index (χ0v) is 17.9. The van der Waals surface area contributed by atoms with Crippen LogP contribution in [0.5, 0.6) is 0 Å². The zero-order chi connectivity index (χ0) is 21.1. The fourth-order valence-corrected chi connectivity index (χ4v) is 5.34. The Morgan fingerprint density at radius 3 is 2.47 bits per heavy atom. The second-order valence-corrected chi connectivity index (χ2v) is 9.79. The molecular formula is C22H19N3O3S2. The minimum atomic E-state index is -3.78. The lowest BCUT2D eigenvalue weighted by atomic mass is 10.2. The predicted molar refractivity (Wildman–Crippen MR) is 118 cm³/mol. The molecule has 152 valence electrons. The summed E-state index contributed by atoms with van der Waals surface area (Å²) in [5.74, 6) is -1.18. The Balaban J connectivity index is 1.71. The molecule has 2 aromatic carbocycles. The molecule has 0 radical (unpaired) electrons. The number of carbonyl (C=O) groups is 1. The average molecular weight is 438 g/mol. The van der Waals surface area contributed by atoms with E-state index in [1.165, 1.54) is 28.4 Å². The number of para-hydroxylation sites is 1. The van der Waals surface area contributed by atoms with E-state index in [1.807, 2.05) is 31.2 Å². The van der Waals surface area contributed by atoms with Crippen molar-refractivity contribution in [3.8, 4) is 0 Å². The van der Waals surface area contributed by atoms with Crippen molar-refractivity contribution in [2.45, 2.75) is 18.4 Å². The average Bonchev–Trinajstić information content (AvgIpc) is 3.18. The molecule has 0 fully saturated rings. The first-order chi connectivity index (χ1) is 14.4. The third-order valence-electron chi connectivity index (χ3n) is 4.60. The van der Waals surface area contributed by atoms with Gasteiger partial charge in [0.2, 0.25) is 5.91 Å². The summed E-state index contributed by atoms with van der Waals surface area (Å²) >= 11 is 1.36. The molecule has 0 unspecified atom stereocenters. The van der Waals surface area contributed by atoms with Crippen LogP contribution in [0.2, 0.25) is 0 Å². The number of rotatable bonds is 6. The van der Waals surface area contributed by atoms with Gasteiger partial charge in [0, 0.05) is 6.20 Å². The summed E-state index contributed by atoms with van der Waals surface area (Å²) in [6, 6.07) is 19.2. The largest absolute Gasteiger partial charge is 0.281 e. The Kier molecular flexibility index (Phi) is 5.61. The molecule has 0 saturated carbocycles. The van der Waals surface area contributed by atoms with Gasteiger partial charge in [-0.2, -0.15) is 0 Å². The van der Waals surface area contributed by atoms with Gasteiger partial charge in [-0.1, -0.05) is 47.7 Å². The lowest BCUT2D eigenvalue weighted by molar-refractivity contribution is -0.116. The fourth-order valence-electron chi connectivity index (χ4n) is 3.06. The van der Waals surface area contributed by atoms with E-state index in [2.05, 4.69) is 9.97 Å². The smallest absolute Gasteiger partial charge is 0.244 e. The van der Waals surface area contributed by atoms with E-state index in [9.17, 15) is 13.2 Å². The zero-order valence-electron chi connectivity index (χ0n) is 16.2. The molecule has 8 heteroatoms. The first-order valence-corrected chi connectivity index (χ1v) is 11.8. The SMILES string of the molecule is Cc1cccc2sc(N(Cc3ccccn3)C(=O)CS(=O)(=O)c3ccccc3)nc12. The van der Waals surface area contributed by atoms with Gasteiger partial charge in [0.25, 0.3) is 0 Å². The van der Waals surface area contributed by atoms with E-state index >= 15 is 0 Å². The highest BCUT2D eigenvalue weighted by Crippen LogP contribution is 2.31. The number of hydrogen-bond acceptors (Lipinski definition) is 6. The van der Waals surface area contributed by atoms with Crippen LogP contribution in [-0.2, 0) is 21.2 Å². The summed E-state index contributed by atoms with van der Waals surface area (Å²) in [6.45, 7) is 2.10. The molecule has 0 bridgehead atoms. The maximum atomic E-state index is 13.2. The Hall–Kier alpha value is -3.10. The number of thiazole rings is 1. The molecule has 2 heterocycles. The maximum Gasteiger partial charge on any atom is 0.244 e. The van der Waals surface area contributed by atoms with Crippen LogP contribution in [0.25, 0.3) is 10.2 Å². The van der Waals surface area contributed by atoms with Crippen molar-refractivity contribution in [2.75, 3.05) is 10.7 Å². The molecule has 1 amide bonds. The molecule has 0 aliphatic carbocycles. The third kappa shape index (κ3) is 4.24. The van der Waals surface area contributed by atoms with Gasteiger partial charge >= 0.3 is 0 Å². The molecule has 0 aliphatic rings. The van der Waals surface area contributed by atoms with Crippen LogP contribution >= 0.6 is 11.3 Å². The number of aromatic nitrogens is 2. The number of carbonyl (C=O) groups excluding carboxylic acids is 1. The van der Waals surface area contributed by atoms with E-state index in [1.54, 1.807) is 36.5 Å². The predicted octanol–water partition coefficient (Wildman–Crippen LogP) is 4.01. The summed E-state index contributed by atoms with van der Waals surface area (Å²) < 4.78 is 26.5. The van der Waals surface area contributed by atoms with E-state index in [-0.39, 0.29) is 11.4 Å². The number of benzene rings is 2. The number of hydrogen-bond donors (Lipinski definition) is 0. The summed E-state index contributed by atoms with van der Waals surface area (Å²) in [6.07, 6.45) is 1.64. The number of amides is 1. The van der Waals surface area contributed by atoms with Crippen LogP contribution in [-0.4, -0.2) is 30.0 Å². The lowest BCUT2D eigenvalue weighted by Gasteiger charge is -2.19. The van der Waals surface area contributed by atoms with E-state index < -0.39 is 21.5 Å². The van der Waals surface area contributed by atoms with Crippen molar-refractivity contribution in [3.63, 3.8) is 0 Å². The Labute approximate surface area is 178 Å². The summed E-state index contributed by atoms with van der Waals surface area (Å²) in [7, 11) is -3.78. The van der Waals surface area contributed by atoms with Crippen molar-refractivity contribution in [2.24, 2.45) is 0 Å². The number of nitrogens with zero attached hydrogens (tertiary/aromatic N) is 3. The summed E-state index contributed by atoms with van der Waals surface area (Å²) in [5, 5.41) is 0.457. The van der Waals surface area contributed by atoms with Crippen molar-refractivity contribution in [3.05, 3.63) is 84.2 Å². The van der Waals surface area contributed by atoms with Gasteiger partial charge in [-0.05, 0) is 42.8 Å². The first kappa shape index (κ1) is 20.2. The molecule has 0 N–H and O–H groups in total. The van der Waals surface area contributed by atoms with Crippen molar-refractivity contribution >= 4 is 42.4 Å². The summed E-state index contributed by atoms with van der Waals surface area (Å²) in [5.41, 5.74) is 2.46. The highest BCUT2D eigenvalue weighted by atomic mass is 32.2. The third-order valence-corrected chi connectivity index (χ3v) is 7.26. The molecule has 0 atom stereocenters. The van der Waals surface area contributed by atoms with Gasteiger partial charge in [-0.25, -0.2) is 13.4 Å². The Morgan fingerprint density at radius 2 is 1.77 bits per heavy atom. The number of aryl methyl sites for hydroxylation is 1. The van der Waals surface area contributed by atoms with Crippen LogP contribution in [0.4, 0.5) is 5.13 Å². The van der Waals surface area contributed by atoms with Crippen molar-refractivity contribution in [1.29, 1.82) is 0 Å². The van der Waals surface area contributed by atoms with Gasteiger partial charge in [0.1, 0.15) is 5.75 Å². The van der Waals surface area contributed by atoms with Crippen molar-refractivity contribution in [1.82, 2.24) is 9.97 Å². The molecule has 2 aromatic heterocycles. The van der Waals surface area contributed by atoms with Gasteiger partial charge in [0.15, 0.2) is 15.0 Å². The molecule has 0 spiro atoms. The normalized spacial score (nSPS) is 11.5. The molecule has 4 rings (SSSR count). The molecule has 0 saturated heterocycles. The Morgan fingerprint density at radius 1 is 1.00 bits per heavy atom. The lowest BCUT2D eigenvalue weighted by Crippen LogP contribution is -2.35. The van der Waals surface area contributed by atoms with Gasteiger partial charge in [0.05, 0.1) is 27.4 Å². The maximum absolute atomic E-state index is 13.2. The fraction of sp³-hybridized carbons (Fsp3) is 0.136. The molecular weight excluding hydrogens is 418 g/mol. The van der Waals surface area contributed by atoms with Gasteiger partial charge in [-0.15, -0.1) is 0 Å². The van der Waals surface area contributed by atoms with Gasteiger partial charge in [-0.3, -0.25) is 14.7 Å². The Bertz CT molecular complexity index is 1290. The highest BCUT2D eigenvalue weighted by molar-refractivity contribution is 7.92. The van der Waals surface area contributed by atoms with Crippen LogP contribution < -0.4 is 4.90 Å². The highest BCUT2D eigenvalue weighted by Gasteiger charge is 2.27. The number of sulfone groups is 1. The minimum Gasteiger partial charge on any atom is -0.281 e. The topological polar surface area (TPSA) is 80.2 Å². The number of anilines is 1. The number of fused-ring (bicyclic) bond motifs is 1. The van der Waals surface area contributed by atoms with E-state index in [0.717, 1.165) is 15.8 Å². The molecule has 4 aromatic rings. The molecule has 30 heavy (non-hydrogen) atoms. The minimum absolute atomic E-state index is 0.122. The van der Waals surface area contributed by atoms with Crippen LogP contribution in [0, 0.1) is 6.92 Å². The second-order valence-electron chi connectivity index (χ2n) is 6.79. The van der Waals surface area contributed by atoms with E-state index in [0.29, 0.717) is 10.8 Å². The summed E-state index contributed by atoms with van der Waals surface area (Å²) in [4.78, 5) is 23.6. The molecule has 6 nitrogen and oxygen atoms in total. The number of pyridine rings is 1. The quantitative estimate of drug-likeness (QED) is 0.455. The van der Waals surface area contributed by atoms with Crippen LogP contribution in [0.15, 0.2) is 77.8 Å². The first-order valence-electron chi connectivity index (χ1n) is 9.28. The van der Waals surface area contributed by atoms with Crippen LogP contribution in [0.3, 0.4) is 0 Å². The van der Waals surface area contributed by atoms with Gasteiger partial charge < -0.3 is 0 Å². The molecule has 0 aliphatic heterocycles. The van der Waals surface area contributed by atoms with Crippen LogP contribution in [0.1, 0.15) is 11.3 Å².